The first-order chi connectivity index (χ1) is 11.5. The fraction of sp³-hybridized carbons (Fsp3) is 0.263. The van der Waals surface area contributed by atoms with E-state index in [9.17, 15) is 9.18 Å². The highest BCUT2D eigenvalue weighted by Crippen LogP contribution is 2.40. The fourth-order valence-electron chi connectivity index (χ4n) is 2.12. The second-order valence-electron chi connectivity index (χ2n) is 6.07. The van der Waals surface area contributed by atoms with Gasteiger partial charge in [0.2, 0.25) is 5.88 Å². The fourth-order valence-corrected chi connectivity index (χ4v) is 2.12. The van der Waals surface area contributed by atoms with Crippen molar-refractivity contribution in [2.75, 3.05) is 7.05 Å². The molecule has 0 radical (unpaired) electrons. The van der Waals surface area contributed by atoms with E-state index in [0.29, 0.717) is 11.1 Å². The van der Waals surface area contributed by atoms with E-state index in [0.717, 1.165) is 12.8 Å². The topological polar surface area (TPSA) is 42.4 Å². The Morgan fingerprint density at radius 1 is 1.25 bits per heavy atom. The molecule has 1 fully saturated rings. The number of halogens is 1. The maximum absolute atomic E-state index is 13.1. The average molecular weight is 324 g/mol. The lowest BCUT2D eigenvalue weighted by Crippen LogP contribution is -2.38. The van der Waals surface area contributed by atoms with Gasteiger partial charge in [-0.15, -0.1) is 0 Å². The zero-order valence-corrected chi connectivity index (χ0v) is 13.5. The zero-order valence-electron chi connectivity index (χ0n) is 13.5. The number of benzene rings is 1. The molecule has 0 bridgehead atoms. The molecule has 1 heterocycles. The Morgan fingerprint density at radius 2 is 2.00 bits per heavy atom. The minimum absolute atomic E-state index is 0.0898. The molecular formula is C19H17FN2O2. The van der Waals surface area contributed by atoms with Gasteiger partial charge in [-0.3, -0.25) is 0 Å². The van der Waals surface area contributed by atoms with Crippen LogP contribution in [0.3, 0.4) is 0 Å². The van der Waals surface area contributed by atoms with Crippen molar-refractivity contribution < 1.29 is 13.9 Å². The van der Waals surface area contributed by atoms with Gasteiger partial charge >= 0.3 is 6.09 Å². The molecule has 1 aromatic carbocycles. The minimum Gasteiger partial charge on any atom is -0.391 e. The van der Waals surface area contributed by atoms with E-state index in [4.69, 9.17) is 4.74 Å². The number of carbonyl (C=O) groups excluding carboxylic acids is 1. The van der Waals surface area contributed by atoms with Crippen LogP contribution in [-0.2, 0) is 0 Å². The molecule has 1 aliphatic rings. The van der Waals surface area contributed by atoms with E-state index in [-0.39, 0.29) is 17.2 Å². The molecular weight excluding hydrogens is 307 g/mol. The summed E-state index contributed by atoms with van der Waals surface area (Å²) in [6, 6.07) is 9.38. The van der Waals surface area contributed by atoms with Gasteiger partial charge in [0.15, 0.2) is 0 Å². The minimum atomic E-state index is -0.416. The van der Waals surface area contributed by atoms with Crippen LogP contribution < -0.4 is 4.74 Å². The molecule has 3 rings (SSSR count). The molecule has 0 unspecified atom stereocenters. The summed E-state index contributed by atoms with van der Waals surface area (Å²) in [5.41, 5.74) is 1.15. The summed E-state index contributed by atoms with van der Waals surface area (Å²) in [4.78, 5) is 17.7. The molecule has 5 heteroatoms. The number of amides is 1. The molecule has 1 amide bonds. The summed E-state index contributed by atoms with van der Waals surface area (Å²) in [5.74, 6) is 5.66. The summed E-state index contributed by atoms with van der Waals surface area (Å²) >= 11 is 0. The van der Waals surface area contributed by atoms with Crippen molar-refractivity contribution in [3.63, 3.8) is 0 Å². The third kappa shape index (κ3) is 3.72. The molecule has 1 saturated carbocycles. The van der Waals surface area contributed by atoms with Crippen LogP contribution in [0, 0.1) is 17.7 Å². The predicted octanol–water partition coefficient (Wildman–Crippen LogP) is 3.60. The SMILES string of the molecule is CN(C(=O)Oc1ccc(C#Cc2cccc(F)c2)cn1)C1(C)CC1. The van der Waals surface area contributed by atoms with Gasteiger partial charge in [-0.2, -0.15) is 0 Å². The molecule has 24 heavy (non-hydrogen) atoms. The number of nitrogens with zero attached hydrogens (tertiary/aromatic N) is 2. The van der Waals surface area contributed by atoms with Gasteiger partial charge in [0.25, 0.3) is 0 Å². The Kier molecular flexibility index (Phi) is 4.22. The Balaban J connectivity index is 1.64. The molecule has 0 spiro atoms. The van der Waals surface area contributed by atoms with Crippen molar-refractivity contribution in [1.82, 2.24) is 9.88 Å². The smallest absolute Gasteiger partial charge is 0.391 e. The first kappa shape index (κ1) is 16.0. The van der Waals surface area contributed by atoms with E-state index in [1.165, 1.54) is 18.3 Å². The van der Waals surface area contributed by atoms with Gasteiger partial charge in [-0.05, 0) is 44.0 Å². The van der Waals surface area contributed by atoms with Crippen LogP contribution >= 0.6 is 0 Å². The molecule has 122 valence electrons. The monoisotopic (exact) mass is 324 g/mol. The molecule has 2 aromatic rings. The third-order valence-electron chi connectivity index (χ3n) is 4.16. The Morgan fingerprint density at radius 3 is 2.62 bits per heavy atom. The molecule has 0 aliphatic heterocycles. The summed E-state index contributed by atoms with van der Waals surface area (Å²) in [5, 5.41) is 0. The standard InChI is InChI=1S/C19H17FN2O2/c1-19(10-11-19)22(2)18(23)24-17-9-8-15(13-21-17)7-6-14-4-3-5-16(20)12-14/h3-5,8-9,12-13H,10-11H2,1-2H3. The molecule has 0 atom stereocenters. The number of rotatable bonds is 2. The molecule has 4 nitrogen and oxygen atoms in total. The van der Waals surface area contributed by atoms with Crippen LogP contribution in [0.2, 0.25) is 0 Å². The number of hydrogen-bond donors (Lipinski definition) is 0. The van der Waals surface area contributed by atoms with Gasteiger partial charge in [0, 0.05) is 36.0 Å². The van der Waals surface area contributed by atoms with Crippen molar-refractivity contribution in [3.05, 3.63) is 59.5 Å². The molecule has 0 N–H and O–H groups in total. The maximum Gasteiger partial charge on any atom is 0.416 e. The number of carbonyl (C=O) groups is 1. The zero-order chi connectivity index (χ0) is 17.2. The van der Waals surface area contributed by atoms with Gasteiger partial charge < -0.3 is 9.64 Å². The van der Waals surface area contributed by atoms with Crippen LogP contribution in [0.15, 0.2) is 42.6 Å². The Labute approximate surface area is 140 Å². The van der Waals surface area contributed by atoms with Crippen molar-refractivity contribution in [3.8, 4) is 17.7 Å². The normalized spacial score (nSPS) is 14.3. The quantitative estimate of drug-likeness (QED) is 0.793. The van der Waals surface area contributed by atoms with E-state index in [2.05, 4.69) is 16.8 Å². The van der Waals surface area contributed by atoms with Crippen molar-refractivity contribution >= 4 is 6.09 Å². The van der Waals surface area contributed by atoms with E-state index in [1.54, 1.807) is 36.2 Å². The summed E-state index contributed by atoms with van der Waals surface area (Å²) in [6.45, 7) is 2.02. The van der Waals surface area contributed by atoms with Crippen LogP contribution in [0.4, 0.5) is 9.18 Å². The Bertz CT molecular complexity index is 817. The molecule has 0 saturated heterocycles. The highest BCUT2D eigenvalue weighted by atomic mass is 19.1. The van der Waals surface area contributed by atoms with Gasteiger partial charge in [-0.1, -0.05) is 17.9 Å². The number of hydrogen-bond acceptors (Lipinski definition) is 3. The number of ether oxygens (including phenoxy) is 1. The summed E-state index contributed by atoms with van der Waals surface area (Å²) in [7, 11) is 1.73. The molecule has 1 aromatic heterocycles. The van der Waals surface area contributed by atoms with Crippen LogP contribution in [0.1, 0.15) is 30.9 Å². The number of pyridine rings is 1. The van der Waals surface area contributed by atoms with Crippen LogP contribution in [-0.4, -0.2) is 28.6 Å². The second-order valence-corrected chi connectivity index (χ2v) is 6.07. The van der Waals surface area contributed by atoms with E-state index >= 15 is 0 Å². The number of aromatic nitrogens is 1. The van der Waals surface area contributed by atoms with E-state index in [1.807, 2.05) is 6.92 Å². The molecule has 1 aliphatic carbocycles. The predicted molar refractivity (Wildman–Crippen MR) is 88.0 cm³/mol. The van der Waals surface area contributed by atoms with Gasteiger partial charge in [0.1, 0.15) is 5.82 Å². The van der Waals surface area contributed by atoms with Gasteiger partial charge in [0.05, 0.1) is 0 Å². The van der Waals surface area contributed by atoms with Crippen molar-refractivity contribution in [2.45, 2.75) is 25.3 Å². The lowest BCUT2D eigenvalue weighted by Gasteiger charge is -2.23. The summed E-state index contributed by atoms with van der Waals surface area (Å²) in [6.07, 6.45) is 3.08. The van der Waals surface area contributed by atoms with Crippen molar-refractivity contribution in [2.24, 2.45) is 0 Å². The van der Waals surface area contributed by atoms with Crippen LogP contribution in [0.25, 0.3) is 0 Å². The maximum atomic E-state index is 13.1. The lowest BCUT2D eigenvalue weighted by molar-refractivity contribution is 0.142. The van der Waals surface area contributed by atoms with Crippen LogP contribution in [0.5, 0.6) is 5.88 Å². The van der Waals surface area contributed by atoms with E-state index < -0.39 is 6.09 Å². The largest absolute Gasteiger partial charge is 0.416 e. The lowest BCUT2D eigenvalue weighted by atomic mass is 10.2. The highest BCUT2D eigenvalue weighted by Gasteiger charge is 2.44. The van der Waals surface area contributed by atoms with Gasteiger partial charge in [-0.25, -0.2) is 14.2 Å². The first-order valence-corrected chi connectivity index (χ1v) is 7.66. The summed E-state index contributed by atoms with van der Waals surface area (Å²) < 4.78 is 18.3. The highest BCUT2D eigenvalue weighted by molar-refractivity contribution is 5.71. The van der Waals surface area contributed by atoms with Crippen molar-refractivity contribution in [1.29, 1.82) is 0 Å². The average Bonchev–Trinajstić information content (AvgIpc) is 3.32. The second kappa shape index (κ2) is 6.32. The first-order valence-electron chi connectivity index (χ1n) is 7.66. The Hall–Kier alpha value is -2.87. The third-order valence-corrected chi connectivity index (χ3v) is 4.16.